The lowest BCUT2D eigenvalue weighted by Gasteiger charge is -1.91. The van der Waals surface area contributed by atoms with E-state index < -0.39 is 5.97 Å². The van der Waals surface area contributed by atoms with E-state index in [-0.39, 0.29) is 31.4 Å². The Balaban J connectivity index is 0.000000980. The van der Waals surface area contributed by atoms with Gasteiger partial charge in [0, 0.05) is 6.20 Å². The van der Waals surface area contributed by atoms with Gasteiger partial charge in [-0.05, 0) is 12.1 Å². The van der Waals surface area contributed by atoms with Gasteiger partial charge in [-0.1, -0.05) is 0 Å². The molecule has 0 radical (unpaired) electrons. The van der Waals surface area contributed by atoms with Crippen LogP contribution in [0.25, 0.3) is 11.0 Å². The molecule has 0 aliphatic heterocycles. The van der Waals surface area contributed by atoms with Gasteiger partial charge in [0.1, 0.15) is 17.6 Å². The average Bonchev–Trinajstić information content (AvgIpc) is 2.44. The van der Waals surface area contributed by atoms with E-state index in [1.807, 2.05) is 0 Å². The molecule has 0 unspecified atom stereocenters. The van der Waals surface area contributed by atoms with E-state index in [9.17, 15) is 4.79 Å². The van der Waals surface area contributed by atoms with Crippen LogP contribution in [0.1, 0.15) is 0 Å². The molecular weight excluding hydrogens is 241 g/mol. The quantitative estimate of drug-likeness (QED) is 0.873. The van der Waals surface area contributed by atoms with Gasteiger partial charge in [-0.15, -0.1) is 24.8 Å². The standard InChI is InChI=1S/C8H7N3O2.2ClH/c12-8(13)5-11-4-7-6(10-11)2-1-3-9-7;;/h1-4H,5H2,(H,12,13);2*1H. The number of fused-ring (bicyclic) bond motifs is 1. The van der Waals surface area contributed by atoms with Gasteiger partial charge in [-0.2, -0.15) is 5.10 Å². The molecule has 1 N–H and O–H groups in total. The van der Waals surface area contributed by atoms with E-state index in [1.54, 1.807) is 24.5 Å². The summed E-state index contributed by atoms with van der Waals surface area (Å²) in [4.78, 5) is 14.4. The fourth-order valence-corrected chi connectivity index (χ4v) is 1.12. The minimum absolute atomic E-state index is 0. The maximum absolute atomic E-state index is 10.4. The van der Waals surface area contributed by atoms with Crippen LogP contribution in [0.4, 0.5) is 0 Å². The number of carboxylic acid groups (broad SMARTS) is 1. The molecule has 0 aliphatic rings. The molecule has 5 nitrogen and oxygen atoms in total. The molecule has 0 atom stereocenters. The largest absolute Gasteiger partial charge is 0.480 e. The Bertz CT molecular complexity index is 425. The summed E-state index contributed by atoms with van der Waals surface area (Å²) in [6.07, 6.45) is 3.26. The van der Waals surface area contributed by atoms with Gasteiger partial charge in [-0.3, -0.25) is 14.5 Å². The van der Waals surface area contributed by atoms with E-state index in [2.05, 4.69) is 10.1 Å². The fourth-order valence-electron chi connectivity index (χ4n) is 1.12. The summed E-state index contributed by atoms with van der Waals surface area (Å²) in [5.41, 5.74) is 1.42. The highest BCUT2D eigenvalue weighted by atomic mass is 35.5. The SMILES string of the molecule is Cl.Cl.O=C(O)Cn1cc2ncccc2n1. The summed E-state index contributed by atoms with van der Waals surface area (Å²) < 4.78 is 1.36. The second-order valence-corrected chi connectivity index (χ2v) is 2.63. The Morgan fingerprint density at radius 3 is 2.73 bits per heavy atom. The smallest absolute Gasteiger partial charge is 0.325 e. The minimum Gasteiger partial charge on any atom is -0.480 e. The zero-order valence-electron chi connectivity index (χ0n) is 7.53. The van der Waals surface area contributed by atoms with Crippen molar-refractivity contribution in [1.82, 2.24) is 14.8 Å². The van der Waals surface area contributed by atoms with Crippen LogP contribution in [0.2, 0.25) is 0 Å². The lowest BCUT2D eigenvalue weighted by molar-refractivity contribution is -0.137. The number of rotatable bonds is 2. The van der Waals surface area contributed by atoms with Crippen molar-refractivity contribution in [2.45, 2.75) is 6.54 Å². The zero-order chi connectivity index (χ0) is 9.26. The monoisotopic (exact) mass is 249 g/mol. The number of aromatic nitrogens is 3. The lowest BCUT2D eigenvalue weighted by Crippen LogP contribution is -2.08. The number of carbonyl (C=O) groups is 1. The van der Waals surface area contributed by atoms with Crippen LogP contribution in [0, 0.1) is 0 Å². The van der Waals surface area contributed by atoms with Gasteiger partial charge in [-0.25, -0.2) is 0 Å². The fraction of sp³-hybridized carbons (Fsp3) is 0.125. The molecule has 0 fully saturated rings. The highest BCUT2D eigenvalue weighted by molar-refractivity contribution is 5.85. The number of aliphatic carboxylic acids is 1. The maximum Gasteiger partial charge on any atom is 0.325 e. The Morgan fingerprint density at radius 2 is 2.13 bits per heavy atom. The number of nitrogens with zero attached hydrogens (tertiary/aromatic N) is 3. The number of carboxylic acids is 1. The summed E-state index contributed by atoms with van der Waals surface area (Å²) in [6, 6.07) is 3.56. The predicted octanol–water partition coefficient (Wildman–Crippen LogP) is 1.36. The molecule has 0 aliphatic carbocycles. The second kappa shape index (κ2) is 5.53. The van der Waals surface area contributed by atoms with Gasteiger partial charge in [0.05, 0.1) is 6.20 Å². The molecule has 2 heterocycles. The molecule has 15 heavy (non-hydrogen) atoms. The van der Waals surface area contributed by atoms with Crippen LogP contribution in [0.5, 0.6) is 0 Å². The molecule has 2 rings (SSSR count). The van der Waals surface area contributed by atoms with Crippen molar-refractivity contribution in [2.75, 3.05) is 0 Å². The lowest BCUT2D eigenvalue weighted by atomic mass is 10.4. The van der Waals surface area contributed by atoms with E-state index in [4.69, 9.17) is 5.11 Å². The van der Waals surface area contributed by atoms with Crippen molar-refractivity contribution < 1.29 is 9.90 Å². The molecule has 7 heteroatoms. The van der Waals surface area contributed by atoms with Crippen molar-refractivity contribution in [1.29, 1.82) is 0 Å². The second-order valence-electron chi connectivity index (χ2n) is 2.63. The first-order valence-electron chi connectivity index (χ1n) is 3.76. The summed E-state index contributed by atoms with van der Waals surface area (Å²) >= 11 is 0. The number of pyridine rings is 1. The minimum atomic E-state index is -0.909. The predicted molar refractivity (Wildman–Crippen MR) is 59.7 cm³/mol. The first-order chi connectivity index (χ1) is 6.25. The van der Waals surface area contributed by atoms with Crippen molar-refractivity contribution in [3.63, 3.8) is 0 Å². The first kappa shape index (κ1) is 13.7. The molecule has 82 valence electrons. The molecule has 2 aromatic rings. The van der Waals surface area contributed by atoms with Crippen LogP contribution >= 0.6 is 24.8 Å². The van der Waals surface area contributed by atoms with Gasteiger partial charge in [0.15, 0.2) is 0 Å². The maximum atomic E-state index is 10.4. The summed E-state index contributed by atoms with van der Waals surface area (Å²) in [5.74, 6) is -0.909. The topological polar surface area (TPSA) is 68.0 Å². The highest BCUT2D eigenvalue weighted by Gasteiger charge is 2.03. The Morgan fingerprint density at radius 1 is 1.40 bits per heavy atom. The van der Waals surface area contributed by atoms with Crippen molar-refractivity contribution in [3.8, 4) is 0 Å². The van der Waals surface area contributed by atoms with Crippen molar-refractivity contribution in [3.05, 3.63) is 24.5 Å². The molecule has 0 amide bonds. The molecule has 2 aromatic heterocycles. The Hall–Kier alpha value is -1.33. The third kappa shape index (κ3) is 3.07. The van der Waals surface area contributed by atoms with Crippen LogP contribution in [0.15, 0.2) is 24.5 Å². The van der Waals surface area contributed by atoms with E-state index in [0.29, 0.717) is 11.0 Å². The number of halogens is 2. The summed E-state index contributed by atoms with van der Waals surface area (Å²) in [6.45, 7) is -0.129. The molecule has 0 spiro atoms. The summed E-state index contributed by atoms with van der Waals surface area (Å²) in [5, 5.41) is 12.5. The van der Waals surface area contributed by atoms with Crippen molar-refractivity contribution >= 4 is 41.8 Å². The Kier molecular flexibility index (Phi) is 5.04. The van der Waals surface area contributed by atoms with Crippen LogP contribution in [-0.2, 0) is 11.3 Å². The number of hydrogen-bond acceptors (Lipinski definition) is 3. The third-order valence-electron chi connectivity index (χ3n) is 1.62. The van der Waals surface area contributed by atoms with Gasteiger partial charge >= 0.3 is 5.97 Å². The van der Waals surface area contributed by atoms with E-state index in [0.717, 1.165) is 0 Å². The van der Waals surface area contributed by atoms with Gasteiger partial charge < -0.3 is 5.11 Å². The zero-order valence-corrected chi connectivity index (χ0v) is 9.16. The van der Waals surface area contributed by atoms with Gasteiger partial charge in [0.2, 0.25) is 0 Å². The average molecular weight is 250 g/mol. The van der Waals surface area contributed by atoms with E-state index in [1.165, 1.54) is 4.68 Å². The van der Waals surface area contributed by atoms with Crippen LogP contribution < -0.4 is 0 Å². The molecular formula is C8H9Cl2N3O2. The molecule has 0 saturated heterocycles. The molecule has 0 aromatic carbocycles. The molecule has 0 bridgehead atoms. The number of hydrogen-bond donors (Lipinski definition) is 1. The van der Waals surface area contributed by atoms with Crippen LogP contribution in [-0.4, -0.2) is 25.8 Å². The van der Waals surface area contributed by atoms with Crippen LogP contribution in [0.3, 0.4) is 0 Å². The summed E-state index contributed by atoms with van der Waals surface area (Å²) in [7, 11) is 0. The third-order valence-corrected chi connectivity index (χ3v) is 1.62. The Labute approximate surface area is 97.9 Å². The highest BCUT2D eigenvalue weighted by Crippen LogP contribution is 2.06. The van der Waals surface area contributed by atoms with Gasteiger partial charge in [0.25, 0.3) is 0 Å². The normalized spacial score (nSPS) is 9.07. The van der Waals surface area contributed by atoms with E-state index >= 15 is 0 Å². The molecule has 0 saturated carbocycles. The van der Waals surface area contributed by atoms with Crippen molar-refractivity contribution in [2.24, 2.45) is 0 Å². The first-order valence-corrected chi connectivity index (χ1v) is 3.76.